The largest absolute Gasteiger partial charge is 0.392 e. The molecule has 0 saturated carbocycles. The van der Waals surface area contributed by atoms with Gasteiger partial charge in [-0.25, -0.2) is 12.8 Å². The third-order valence-corrected chi connectivity index (χ3v) is 4.33. The predicted octanol–water partition coefficient (Wildman–Crippen LogP) is 2.43. The van der Waals surface area contributed by atoms with Crippen LogP contribution in [0.3, 0.4) is 0 Å². The van der Waals surface area contributed by atoms with Crippen LogP contribution in [0.15, 0.2) is 47.4 Å². The van der Waals surface area contributed by atoms with E-state index in [1.165, 1.54) is 25.1 Å². The van der Waals surface area contributed by atoms with E-state index in [0.29, 0.717) is 16.8 Å². The molecule has 0 aliphatic heterocycles. The number of halogens is 1. The number of anilines is 1. The molecule has 0 spiro atoms. The van der Waals surface area contributed by atoms with Crippen molar-refractivity contribution in [1.29, 1.82) is 0 Å². The quantitative estimate of drug-likeness (QED) is 0.910. The van der Waals surface area contributed by atoms with Crippen LogP contribution in [0, 0.1) is 12.7 Å². The van der Waals surface area contributed by atoms with Crippen molar-refractivity contribution in [3.8, 4) is 0 Å². The molecule has 0 aliphatic carbocycles. The molecule has 2 aromatic rings. The predicted molar refractivity (Wildman–Crippen MR) is 74.3 cm³/mol. The van der Waals surface area contributed by atoms with Gasteiger partial charge >= 0.3 is 0 Å². The minimum atomic E-state index is -3.78. The summed E-state index contributed by atoms with van der Waals surface area (Å²) in [6, 6.07) is 9.93. The number of sulfonamides is 1. The van der Waals surface area contributed by atoms with Gasteiger partial charge < -0.3 is 5.11 Å². The van der Waals surface area contributed by atoms with Crippen LogP contribution in [0.1, 0.15) is 11.1 Å². The van der Waals surface area contributed by atoms with Crippen molar-refractivity contribution in [2.24, 2.45) is 0 Å². The van der Waals surface area contributed by atoms with Crippen molar-refractivity contribution in [2.45, 2.75) is 18.4 Å². The molecule has 20 heavy (non-hydrogen) atoms. The molecule has 2 N–H and O–H groups in total. The number of aryl methyl sites for hydroxylation is 1. The van der Waals surface area contributed by atoms with Gasteiger partial charge in [0.25, 0.3) is 10.0 Å². The first-order chi connectivity index (χ1) is 9.42. The molecule has 0 aromatic heterocycles. The Morgan fingerprint density at radius 1 is 1.20 bits per heavy atom. The van der Waals surface area contributed by atoms with Crippen LogP contribution in [-0.4, -0.2) is 13.5 Å². The lowest BCUT2D eigenvalue weighted by Gasteiger charge is -2.11. The Hall–Kier alpha value is -1.92. The molecule has 0 fully saturated rings. The second-order valence-electron chi connectivity index (χ2n) is 4.37. The summed E-state index contributed by atoms with van der Waals surface area (Å²) in [4.78, 5) is 0.0216. The molecule has 2 rings (SSSR count). The average molecular weight is 295 g/mol. The van der Waals surface area contributed by atoms with Gasteiger partial charge in [-0.2, -0.15) is 0 Å². The number of hydrogen-bond donors (Lipinski definition) is 2. The lowest BCUT2D eigenvalue weighted by Crippen LogP contribution is -2.14. The maximum atomic E-state index is 13.0. The van der Waals surface area contributed by atoms with Crippen molar-refractivity contribution in [1.82, 2.24) is 0 Å². The van der Waals surface area contributed by atoms with Crippen molar-refractivity contribution < 1.29 is 17.9 Å². The van der Waals surface area contributed by atoms with Crippen LogP contribution in [0.25, 0.3) is 0 Å². The molecule has 0 radical (unpaired) electrons. The van der Waals surface area contributed by atoms with E-state index < -0.39 is 15.8 Å². The van der Waals surface area contributed by atoms with E-state index in [1.54, 1.807) is 18.2 Å². The summed E-state index contributed by atoms with van der Waals surface area (Å²) in [7, 11) is -3.78. The number of hydrogen-bond acceptors (Lipinski definition) is 3. The van der Waals surface area contributed by atoms with Crippen LogP contribution >= 0.6 is 0 Å². The zero-order valence-corrected chi connectivity index (χ0v) is 11.6. The molecule has 0 aliphatic rings. The molecule has 0 unspecified atom stereocenters. The third-order valence-electron chi connectivity index (χ3n) is 2.79. The van der Waals surface area contributed by atoms with Crippen LogP contribution < -0.4 is 4.72 Å². The second kappa shape index (κ2) is 5.60. The Morgan fingerprint density at radius 3 is 2.60 bits per heavy atom. The molecule has 0 amide bonds. The average Bonchev–Trinajstić information content (AvgIpc) is 2.37. The highest BCUT2D eigenvalue weighted by atomic mass is 32.2. The van der Waals surface area contributed by atoms with Gasteiger partial charge in [0.2, 0.25) is 0 Å². The Kier molecular flexibility index (Phi) is 4.06. The SMILES string of the molecule is Cc1cc(F)ccc1S(=O)(=O)Nc1cccc(CO)c1. The van der Waals surface area contributed by atoms with E-state index in [2.05, 4.69) is 4.72 Å². The van der Waals surface area contributed by atoms with Gasteiger partial charge in [0.1, 0.15) is 5.82 Å². The summed E-state index contributed by atoms with van der Waals surface area (Å²) in [5.74, 6) is -0.483. The standard InChI is InChI=1S/C14H14FNO3S/c1-10-7-12(15)5-6-14(10)20(18,19)16-13-4-2-3-11(8-13)9-17/h2-8,16-17H,9H2,1H3. The van der Waals surface area contributed by atoms with Crippen molar-refractivity contribution >= 4 is 15.7 Å². The number of aliphatic hydroxyl groups is 1. The summed E-state index contributed by atoms with van der Waals surface area (Å²) in [5, 5.41) is 9.03. The lowest BCUT2D eigenvalue weighted by atomic mass is 10.2. The molecule has 0 bridgehead atoms. The highest BCUT2D eigenvalue weighted by Gasteiger charge is 2.17. The molecule has 4 nitrogen and oxygen atoms in total. The number of nitrogens with one attached hydrogen (secondary N) is 1. The molecule has 0 atom stereocenters. The zero-order chi connectivity index (χ0) is 14.8. The molecule has 2 aromatic carbocycles. The summed E-state index contributed by atoms with van der Waals surface area (Å²) in [6.07, 6.45) is 0. The lowest BCUT2D eigenvalue weighted by molar-refractivity contribution is 0.282. The molecule has 0 heterocycles. The first-order valence-corrected chi connectivity index (χ1v) is 7.39. The van der Waals surface area contributed by atoms with Crippen molar-refractivity contribution in [3.63, 3.8) is 0 Å². The van der Waals surface area contributed by atoms with Crippen LogP contribution in [0.5, 0.6) is 0 Å². The summed E-state index contributed by atoms with van der Waals surface area (Å²) < 4.78 is 39.9. The fraction of sp³-hybridized carbons (Fsp3) is 0.143. The van der Waals surface area contributed by atoms with E-state index in [9.17, 15) is 12.8 Å². The maximum Gasteiger partial charge on any atom is 0.262 e. The monoisotopic (exact) mass is 295 g/mol. The normalized spacial score (nSPS) is 11.3. The first-order valence-electron chi connectivity index (χ1n) is 5.91. The van der Waals surface area contributed by atoms with Crippen LogP contribution in [0.4, 0.5) is 10.1 Å². The van der Waals surface area contributed by atoms with Gasteiger partial charge in [0.05, 0.1) is 11.5 Å². The number of aliphatic hydroxyl groups excluding tert-OH is 1. The van der Waals surface area contributed by atoms with Crippen LogP contribution in [0.2, 0.25) is 0 Å². The third kappa shape index (κ3) is 3.15. The smallest absolute Gasteiger partial charge is 0.262 e. The molecule has 6 heteroatoms. The minimum Gasteiger partial charge on any atom is -0.392 e. The van der Waals surface area contributed by atoms with E-state index in [-0.39, 0.29) is 11.5 Å². The molecule has 106 valence electrons. The van der Waals surface area contributed by atoms with Crippen LogP contribution in [-0.2, 0) is 16.6 Å². The highest BCUT2D eigenvalue weighted by molar-refractivity contribution is 7.92. The summed E-state index contributed by atoms with van der Waals surface area (Å²) in [5.41, 5.74) is 1.28. The van der Waals surface area contributed by atoms with E-state index >= 15 is 0 Å². The summed E-state index contributed by atoms with van der Waals surface area (Å²) >= 11 is 0. The molecular weight excluding hydrogens is 281 g/mol. The van der Waals surface area contributed by atoms with Gasteiger partial charge in [0.15, 0.2) is 0 Å². The topological polar surface area (TPSA) is 66.4 Å². The van der Waals surface area contributed by atoms with Crippen molar-refractivity contribution in [2.75, 3.05) is 4.72 Å². The van der Waals surface area contributed by atoms with Gasteiger partial charge in [0, 0.05) is 5.69 Å². The Labute approximate surface area is 116 Å². The molecule has 0 saturated heterocycles. The van der Waals surface area contributed by atoms with Crippen molar-refractivity contribution in [3.05, 3.63) is 59.4 Å². The second-order valence-corrected chi connectivity index (χ2v) is 6.02. The number of benzene rings is 2. The van der Waals surface area contributed by atoms with E-state index in [1.807, 2.05) is 0 Å². The first kappa shape index (κ1) is 14.5. The fourth-order valence-electron chi connectivity index (χ4n) is 1.86. The Morgan fingerprint density at radius 2 is 1.95 bits per heavy atom. The Bertz CT molecular complexity index is 729. The van der Waals surface area contributed by atoms with Gasteiger partial charge in [-0.1, -0.05) is 12.1 Å². The van der Waals surface area contributed by atoms with Gasteiger partial charge in [-0.15, -0.1) is 0 Å². The van der Waals surface area contributed by atoms with E-state index in [4.69, 9.17) is 5.11 Å². The maximum absolute atomic E-state index is 13.0. The van der Waals surface area contributed by atoms with Gasteiger partial charge in [-0.05, 0) is 48.4 Å². The minimum absolute atomic E-state index is 0.0216. The zero-order valence-electron chi connectivity index (χ0n) is 10.8. The highest BCUT2D eigenvalue weighted by Crippen LogP contribution is 2.20. The van der Waals surface area contributed by atoms with Gasteiger partial charge in [-0.3, -0.25) is 4.72 Å². The molecular formula is C14H14FNO3S. The summed E-state index contributed by atoms with van der Waals surface area (Å²) in [6.45, 7) is 1.35. The fourth-order valence-corrected chi connectivity index (χ4v) is 3.13. The number of rotatable bonds is 4. The Balaban J connectivity index is 2.35. The van der Waals surface area contributed by atoms with E-state index in [0.717, 1.165) is 6.07 Å².